The number of benzene rings is 1. The van der Waals surface area contributed by atoms with Crippen LogP contribution in [0.2, 0.25) is 0 Å². The normalized spacial score (nSPS) is 18.5. The molecule has 33 heavy (non-hydrogen) atoms. The molecule has 4 rings (SSSR count). The van der Waals surface area contributed by atoms with Gasteiger partial charge in [0, 0.05) is 25.7 Å². The summed E-state index contributed by atoms with van der Waals surface area (Å²) in [5, 5.41) is -0.166. The second kappa shape index (κ2) is 9.96. The third-order valence-corrected chi connectivity index (χ3v) is 8.39. The maximum Gasteiger partial charge on any atom is 0.266 e. The van der Waals surface area contributed by atoms with Crippen LogP contribution < -0.4 is 4.90 Å². The van der Waals surface area contributed by atoms with Crippen LogP contribution in [0.5, 0.6) is 0 Å². The molecule has 0 unspecified atom stereocenters. The number of thioether (sulfide) groups is 1. The van der Waals surface area contributed by atoms with E-state index in [2.05, 4.69) is 4.98 Å². The van der Waals surface area contributed by atoms with Gasteiger partial charge in [-0.15, -0.1) is 0 Å². The van der Waals surface area contributed by atoms with E-state index in [1.54, 1.807) is 34.1 Å². The fourth-order valence-corrected chi connectivity index (χ4v) is 6.07. The summed E-state index contributed by atoms with van der Waals surface area (Å²) in [4.78, 5) is 21.0. The number of hydrogen-bond acceptors (Lipinski definition) is 9. The van der Waals surface area contributed by atoms with Crippen LogP contribution in [-0.4, -0.2) is 61.4 Å². The lowest BCUT2D eigenvalue weighted by Gasteiger charge is -2.26. The minimum Gasteiger partial charge on any atom is -0.420 e. The number of aryl methyl sites for hydroxylation is 1. The molecule has 3 heterocycles. The summed E-state index contributed by atoms with van der Waals surface area (Å²) in [6.07, 6.45) is 3.27. The molecule has 2 saturated heterocycles. The van der Waals surface area contributed by atoms with Crippen molar-refractivity contribution in [2.45, 2.75) is 36.6 Å². The number of rotatable bonds is 7. The molecule has 2 aromatic rings. The van der Waals surface area contributed by atoms with Gasteiger partial charge in [-0.1, -0.05) is 55.0 Å². The van der Waals surface area contributed by atoms with E-state index >= 15 is 0 Å². The SMILES string of the molecule is CCCCN1C(=O)C(=Cc2nc(S(=O)(=O)c3ccc(C)cc3)c(N3CCOCC3)o2)SC1=S. The van der Waals surface area contributed by atoms with Crippen molar-refractivity contribution in [3.63, 3.8) is 0 Å². The Hall–Kier alpha value is -2.21. The molecule has 0 bridgehead atoms. The van der Waals surface area contributed by atoms with Gasteiger partial charge in [-0.25, -0.2) is 8.42 Å². The Kier molecular flexibility index (Phi) is 7.22. The summed E-state index contributed by atoms with van der Waals surface area (Å²) in [7, 11) is -3.94. The summed E-state index contributed by atoms with van der Waals surface area (Å²) in [5.41, 5.74) is 0.952. The number of oxazole rings is 1. The number of carbonyl (C=O) groups is 1. The van der Waals surface area contributed by atoms with Crippen molar-refractivity contribution in [1.29, 1.82) is 0 Å². The number of amides is 1. The first kappa shape index (κ1) is 23.9. The molecule has 0 atom stereocenters. The minimum atomic E-state index is -3.94. The number of aromatic nitrogens is 1. The Balaban J connectivity index is 1.73. The van der Waals surface area contributed by atoms with Gasteiger partial charge in [0.2, 0.25) is 26.6 Å². The molecule has 0 aliphatic carbocycles. The van der Waals surface area contributed by atoms with Gasteiger partial charge in [0.15, 0.2) is 0 Å². The number of thiocarbonyl (C=S) groups is 1. The molecule has 8 nitrogen and oxygen atoms in total. The molecule has 1 aromatic carbocycles. The molecule has 0 N–H and O–H groups in total. The number of hydrogen-bond donors (Lipinski definition) is 0. The monoisotopic (exact) mass is 507 g/mol. The molecule has 176 valence electrons. The molecule has 1 amide bonds. The van der Waals surface area contributed by atoms with Gasteiger partial charge >= 0.3 is 0 Å². The van der Waals surface area contributed by atoms with Crippen LogP contribution in [0.15, 0.2) is 43.5 Å². The second-order valence-corrected chi connectivity index (χ2v) is 11.3. The molecule has 2 aliphatic heterocycles. The van der Waals surface area contributed by atoms with Crippen LogP contribution in [0, 0.1) is 6.92 Å². The summed E-state index contributed by atoms with van der Waals surface area (Å²) in [5.74, 6) is -0.00253. The molecule has 0 radical (unpaired) electrons. The van der Waals surface area contributed by atoms with E-state index in [0.29, 0.717) is 42.1 Å². The highest BCUT2D eigenvalue weighted by Crippen LogP contribution is 2.36. The Labute approximate surface area is 202 Å². The largest absolute Gasteiger partial charge is 0.420 e. The zero-order valence-electron chi connectivity index (χ0n) is 18.4. The number of unbranched alkanes of at least 4 members (excludes halogenated alkanes) is 1. The van der Waals surface area contributed by atoms with Crippen molar-refractivity contribution in [1.82, 2.24) is 9.88 Å². The number of ether oxygens (including phenoxy) is 1. The third-order valence-electron chi connectivity index (χ3n) is 5.34. The minimum absolute atomic E-state index is 0.0539. The molecular formula is C22H25N3O5S3. The van der Waals surface area contributed by atoms with Gasteiger partial charge in [0.05, 0.1) is 23.0 Å². The quantitative estimate of drug-likeness (QED) is 0.411. The van der Waals surface area contributed by atoms with E-state index in [4.69, 9.17) is 21.4 Å². The Bertz CT molecular complexity index is 1180. The van der Waals surface area contributed by atoms with Crippen molar-refractivity contribution < 1.29 is 22.4 Å². The number of anilines is 1. The van der Waals surface area contributed by atoms with Crippen LogP contribution in [0.1, 0.15) is 31.2 Å². The number of morpholine rings is 1. The average Bonchev–Trinajstić information content (AvgIpc) is 3.35. The Morgan fingerprint density at radius 1 is 1.21 bits per heavy atom. The smallest absolute Gasteiger partial charge is 0.266 e. The lowest BCUT2D eigenvalue weighted by molar-refractivity contribution is -0.122. The zero-order chi connectivity index (χ0) is 23.6. The van der Waals surface area contributed by atoms with Gasteiger partial charge in [-0.3, -0.25) is 9.69 Å². The first-order valence-electron chi connectivity index (χ1n) is 10.7. The van der Waals surface area contributed by atoms with E-state index in [1.165, 1.54) is 17.8 Å². The Morgan fingerprint density at radius 3 is 2.58 bits per heavy atom. The highest BCUT2D eigenvalue weighted by Gasteiger charge is 2.34. The summed E-state index contributed by atoms with van der Waals surface area (Å²) in [6.45, 7) is 6.35. The summed E-state index contributed by atoms with van der Waals surface area (Å²) < 4.78 is 38.7. The van der Waals surface area contributed by atoms with Gasteiger partial charge in [-0.05, 0) is 25.5 Å². The molecule has 1 aromatic heterocycles. The summed E-state index contributed by atoms with van der Waals surface area (Å²) >= 11 is 6.52. The van der Waals surface area contributed by atoms with Crippen LogP contribution in [0.25, 0.3) is 6.08 Å². The standard InChI is InChI=1S/C22H25N3O5S3/c1-3-4-9-25-20(26)17(32-22(25)31)14-18-23-19(21(30-18)24-10-12-29-13-11-24)33(27,28)16-7-5-15(2)6-8-16/h5-8,14H,3-4,9-13H2,1-2H3. The predicted octanol–water partition coefficient (Wildman–Crippen LogP) is 3.65. The second-order valence-electron chi connectivity index (χ2n) is 7.77. The molecular weight excluding hydrogens is 482 g/mol. The molecule has 11 heteroatoms. The lowest BCUT2D eigenvalue weighted by Crippen LogP contribution is -2.36. The zero-order valence-corrected chi connectivity index (χ0v) is 20.9. The van der Waals surface area contributed by atoms with E-state index < -0.39 is 9.84 Å². The highest BCUT2D eigenvalue weighted by atomic mass is 32.2. The van der Waals surface area contributed by atoms with E-state index in [-0.39, 0.29) is 27.6 Å². The predicted molar refractivity (Wildman–Crippen MR) is 131 cm³/mol. The Morgan fingerprint density at radius 2 is 1.91 bits per heavy atom. The maximum atomic E-state index is 13.4. The fourth-order valence-electron chi connectivity index (χ4n) is 3.47. The average molecular weight is 508 g/mol. The van der Waals surface area contributed by atoms with Crippen molar-refractivity contribution in [3.8, 4) is 0 Å². The first-order chi connectivity index (χ1) is 15.8. The fraction of sp³-hybridized carbons (Fsp3) is 0.409. The van der Waals surface area contributed by atoms with Crippen LogP contribution in [0.4, 0.5) is 5.88 Å². The van der Waals surface area contributed by atoms with Crippen molar-refractivity contribution >= 4 is 56.0 Å². The maximum absolute atomic E-state index is 13.4. The molecule has 0 spiro atoms. The van der Waals surface area contributed by atoms with Crippen LogP contribution >= 0.6 is 24.0 Å². The van der Waals surface area contributed by atoms with Crippen molar-refractivity contribution in [2.24, 2.45) is 0 Å². The van der Waals surface area contributed by atoms with Gasteiger partial charge in [0.1, 0.15) is 4.32 Å². The van der Waals surface area contributed by atoms with E-state index in [9.17, 15) is 13.2 Å². The van der Waals surface area contributed by atoms with Gasteiger partial charge in [0.25, 0.3) is 5.91 Å². The van der Waals surface area contributed by atoms with Crippen molar-refractivity contribution in [3.05, 3.63) is 40.6 Å². The first-order valence-corrected chi connectivity index (χ1v) is 13.4. The lowest BCUT2D eigenvalue weighted by atomic mass is 10.2. The van der Waals surface area contributed by atoms with E-state index in [0.717, 1.165) is 18.4 Å². The number of carbonyl (C=O) groups excluding carboxylic acids is 1. The van der Waals surface area contributed by atoms with Crippen LogP contribution in [0.3, 0.4) is 0 Å². The molecule has 0 saturated carbocycles. The van der Waals surface area contributed by atoms with Crippen LogP contribution in [-0.2, 0) is 19.4 Å². The van der Waals surface area contributed by atoms with E-state index in [1.807, 2.05) is 13.8 Å². The molecule has 2 fully saturated rings. The highest BCUT2D eigenvalue weighted by molar-refractivity contribution is 8.26. The summed E-state index contributed by atoms with van der Waals surface area (Å²) in [6, 6.07) is 6.59. The number of nitrogens with zero attached hydrogens (tertiary/aromatic N) is 3. The third kappa shape index (κ3) is 5.01. The molecule has 2 aliphatic rings. The van der Waals surface area contributed by atoms with Gasteiger partial charge < -0.3 is 14.1 Å². The van der Waals surface area contributed by atoms with Gasteiger partial charge in [-0.2, -0.15) is 4.98 Å². The topological polar surface area (TPSA) is 93.0 Å². The number of sulfone groups is 1. The van der Waals surface area contributed by atoms with Crippen molar-refractivity contribution in [2.75, 3.05) is 37.7 Å².